The van der Waals surface area contributed by atoms with E-state index >= 15 is 0 Å². The lowest BCUT2D eigenvalue weighted by molar-refractivity contribution is 0.244. The smallest absolute Gasteiger partial charge is 0.144 e. The van der Waals surface area contributed by atoms with Crippen molar-refractivity contribution in [1.82, 2.24) is 0 Å². The molecule has 0 spiro atoms. The normalized spacial score (nSPS) is 10.2. The lowest BCUT2D eigenvalue weighted by Crippen LogP contribution is -2.09. The Bertz CT molecular complexity index is 377. The van der Waals surface area contributed by atoms with Gasteiger partial charge in [-0.15, -0.1) is 0 Å². The van der Waals surface area contributed by atoms with Crippen molar-refractivity contribution in [3.05, 3.63) is 29.8 Å². The summed E-state index contributed by atoms with van der Waals surface area (Å²) in [6.07, 6.45) is 0.0977. The van der Waals surface area contributed by atoms with Gasteiger partial charge in [0.15, 0.2) is 0 Å². The van der Waals surface area contributed by atoms with Crippen LogP contribution in [-0.2, 0) is 0 Å². The van der Waals surface area contributed by atoms with E-state index in [2.05, 4.69) is 11.9 Å². The third kappa shape index (κ3) is 3.66. The van der Waals surface area contributed by atoms with Crippen LogP contribution in [0.15, 0.2) is 29.8 Å². The van der Waals surface area contributed by atoms with Crippen LogP contribution in [0.2, 0.25) is 0 Å². The number of para-hydroxylation sites is 1. The molecule has 0 heterocycles. The summed E-state index contributed by atoms with van der Waals surface area (Å²) in [4.78, 5) is 0. The zero-order chi connectivity index (χ0) is 12.1. The van der Waals surface area contributed by atoms with Crippen LogP contribution in [0.5, 0.6) is 5.75 Å². The average Bonchev–Trinajstić information content (AvgIpc) is 2.18. The third-order valence-corrected chi connectivity index (χ3v) is 2.03. The first-order valence-corrected chi connectivity index (χ1v) is 5.50. The number of nitrogens with one attached hydrogen (secondary N) is 1. The van der Waals surface area contributed by atoms with Crippen LogP contribution in [-0.4, -0.2) is 12.6 Å². The summed E-state index contributed by atoms with van der Waals surface area (Å²) < 4.78 is 5.57. The molecule has 0 fully saturated rings. The highest BCUT2D eigenvalue weighted by Gasteiger charge is 2.07. The topological polar surface area (TPSA) is 47.3 Å². The molecular weight excluding hydrogens is 224 g/mol. The summed E-state index contributed by atoms with van der Waals surface area (Å²) in [6, 6.07) is 5.60. The Morgan fingerprint density at radius 1 is 1.56 bits per heavy atom. The summed E-state index contributed by atoms with van der Waals surface area (Å²) in [5, 5.41) is 3.63. The van der Waals surface area contributed by atoms with Gasteiger partial charge in [0.1, 0.15) is 5.75 Å². The SMILES string of the molecule is C=C(Cl)CNc1cccc(OC(C)C)c1N. The van der Waals surface area contributed by atoms with E-state index in [4.69, 9.17) is 22.1 Å². The predicted molar refractivity (Wildman–Crippen MR) is 70.1 cm³/mol. The monoisotopic (exact) mass is 240 g/mol. The first-order chi connectivity index (χ1) is 7.50. The molecule has 1 rings (SSSR count). The van der Waals surface area contributed by atoms with Crippen molar-refractivity contribution < 1.29 is 4.74 Å². The molecule has 0 aliphatic heterocycles. The molecule has 16 heavy (non-hydrogen) atoms. The third-order valence-electron chi connectivity index (χ3n) is 1.90. The number of nitrogen functional groups attached to an aromatic ring is 1. The number of hydrogen-bond donors (Lipinski definition) is 2. The van der Waals surface area contributed by atoms with Crippen LogP contribution in [0, 0.1) is 0 Å². The average molecular weight is 241 g/mol. The van der Waals surface area contributed by atoms with E-state index in [1.165, 1.54) is 0 Å². The summed E-state index contributed by atoms with van der Waals surface area (Å²) >= 11 is 5.68. The van der Waals surface area contributed by atoms with Crippen LogP contribution in [0.4, 0.5) is 11.4 Å². The second-order valence-corrected chi connectivity index (χ2v) is 4.29. The number of benzene rings is 1. The van der Waals surface area contributed by atoms with Gasteiger partial charge < -0.3 is 15.8 Å². The fourth-order valence-electron chi connectivity index (χ4n) is 1.25. The van der Waals surface area contributed by atoms with Gasteiger partial charge in [0.25, 0.3) is 0 Å². The molecule has 0 aliphatic carbocycles. The second kappa shape index (κ2) is 5.66. The maximum atomic E-state index is 5.96. The zero-order valence-corrected chi connectivity index (χ0v) is 10.3. The quantitative estimate of drug-likeness (QED) is 0.777. The standard InChI is InChI=1S/C12H17ClN2O/c1-8(2)16-11-6-4-5-10(12(11)14)15-7-9(3)13/h4-6,8,15H,3,7,14H2,1-2H3. The van der Waals surface area contributed by atoms with Gasteiger partial charge in [-0.1, -0.05) is 24.2 Å². The molecule has 0 aromatic heterocycles. The van der Waals surface area contributed by atoms with Crippen LogP contribution < -0.4 is 15.8 Å². The van der Waals surface area contributed by atoms with Crippen molar-refractivity contribution >= 4 is 23.0 Å². The van der Waals surface area contributed by atoms with Crippen molar-refractivity contribution in [3.8, 4) is 5.75 Å². The molecule has 1 aromatic carbocycles. The molecule has 0 saturated carbocycles. The zero-order valence-electron chi connectivity index (χ0n) is 9.59. The van der Waals surface area contributed by atoms with Crippen LogP contribution in [0.1, 0.15) is 13.8 Å². The van der Waals surface area contributed by atoms with Gasteiger partial charge in [-0.05, 0) is 26.0 Å². The summed E-state index contributed by atoms with van der Waals surface area (Å²) in [6.45, 7) is 8.00. The van der Waals surface area contributed by atoms with Crippen molar-refractivity contribution in [2.24, 2.45) is 0 Å². The molecule has 4 heteroatoms. The Kier molecular flexibility index (Phi) is 4.50. The Hall–Kier alpha value is -1.35. The molecule has 3 nitrogen and oxygen atoms in total. The van der Waals surface area contributed by atoms with E-state index in [9.17, 15) is 0 Å². The number of nitrogens with two attached hydrogens (primary N) is 1. The van der Waals surface area contributed by atoms with E-state index in [1.54, 1.807) is 0 Å². The highest BCUT2D eigenvalue weighted by atomic mass is 35.5. The van der Waals surface area contributed by atoms with E-state index in [0.29, 0.717) is 23.0 Å². The minimum atomic E-state index is 0.0977. The molecule has 0 unspecified atom stereocenters. The molecule has 0 atom stereocenters. The fraction of sp³-hybridized carbons (Fsp3) is 0.333. The molecule has 3 N–H and O–H groups in total. The van der Waals surface area contributed by atoms with Gasteiger partial charge in [0, 0.05) is 5.03 Å². The molecule has 0 saturated heterocycles. The van der Waals surface area contributed by atoms with Gasteiger partial charge in [-0.3, -0.25) is 0 Å². The second-order valence-electron chi connectivity index (χ2n) is 3.75. The first kappa shape index (κ1) is 12.7. The minimum Gasteiger partial charge on any atom is -0.489 e. The van der Waals surface area contributed by atoms with E-state index in [0.717, 1.165) is 5.69 Å². The number of hydrogen-bond acceptors (Lipinski definition) is 3. The summed E-state index contributed by atoms with van der Waals surface area (Å²) in [5.74, 6) is 0.681. The van der Waals surface area contributed by atoms with E-state index < -0.39 is 0 Å². The van der Waals surface area contributed by atoms with Crippen LogP contribution >= 0.6 is 11.6 Å². The number of ether oxygens (including phenoxy) is 1. The molecule has 0 amide bonds. The van der Waals surface area contributed by atoms with Crippen molar-refractivity contribution in [1.29, 1.82) is 0 Å². The van der Waals surface area contributed by atoms with Gasteiger partial charge >= 0.3 is 0 Å². The number of rotatable bonds is 5. The fourth-order valence-corrected chi connectivity index (χ4v) is 1.31. The minimum absolute atomic E-state index is 0.0977. The van der Waals surface area contributed by atoms with Gasteiger partial charge in [0.2, 0.25) is 0 Å². The van der Waals surface area contributed by atoms with Gasteiger partial charge in [-0.2, -0.15) is 0 Å². The number of halogens is 1. The van der Waals surface area contributed by atoms with Gasteiger partial charge in [0.05, 0.1) is 24.0 Å². The van der Waals surface area contributed by atoms with Crippen molar-refractivity contribution in [2.75, 3.05) is 17.6 Å². The highest BCUT2D eigenvalue weighted by Crippen LogP contribution is 2.30. The molecule has 88 valence electrons. The largest absolute Gasteiger partial charge is 0.489 e. The molecule has 0 aliphatic rings. The Labute approximate surface area is 101 Å². The van der Waals surface area contributed by atoms with E-state index in [-0.39, 0.29) is 6.10 Å². The highest BCUT2D eigenvalue weighted by molar-refractivity contribution is 6.29. The van der Waals surface area contributed by atoms with E-state index in [1.807, 2.05) is 32.0 Å². The van der Waals surface area contributed by atoms with Crippen molar-refractivity contribution in [3.63, 3.8) is 0 Å². The predicted octanol–water partition coefficient (Wildman–Crippen LogP) is 3.22. The lowest BCUT2D eigenvalue weighted by Gasteiger charge is -2.15. The Balaban J connectivity index is 2.81. The molecular formula is C12H17ClN2O. The van der Waals surface area contributed by atoms with Crippen molar-refractivity contribution in [2.45, 2.75) is 20.0 Å². The Morgan fingerprint density at radius 3 is 2.81 bits per heavy atom. The first-order valence-electron chi connectivity index (χ1n) is 5.13. The molecule has 0 radical (unpaired) electrons. The number of anilines is 2. The van der Waals surface area contributed by atoms with Crippen LogP contribution in [0.25, 0.3) is 0 Å². The Morgan fingerprint density at radius 2 is 2.25 bits per heavy atom. The summed E-state index contributed by atoms with van der Waals surface area (Å²) in [7, 11) is 0. The maximum Gasteiger partial charge on any atom is 0.144 e. The molecule has 0 bridgehead atoms. The summed E-state index contributed by atoms with van der Waals surface area (Å²) in [5.41, 5.74) is 7.35. The lowest BCUT2D eigenvalue weighted by atomic mass is 10.2. The van der Waals surface area contributed by atoms with Gasteiger partial charge in [-0.25, -0.2) is 0 Å². The maximum absolute atomic E-state index is 5.96. The van der Waals surface area contributed by atoms with Crippen LogP contribution in [0.3, 0.4) is 0 Å². The molecule has 1 aromatic rings.